The predicted octanol–water partition coefficient (Wildman–Crippen LogP) is 4.61. The number of rotatable bonds is 7. The van der Waals surface area contributed by atoms with E-state index in [9.17, 15) is 9.59 Å². The SMILES string of the molecule is CCCN(CC(=O)Nc1ncc(C)s1)C(=O)c1ccc(-c2ccccc2)cc1. The van der Waals surface area contributed by atoms with Crippen LogP contribution in [-0.4, -0.2) is 34.8 Å². The van der Waals surface area contributed by atoms with Gasteiger partial charge in [-0.15, -0.1) is 11.3 Å². The van der Waals surface area contributed by atoms with Crippen LogP contribution in [0.15, 0.2) is 60.8 Å². The zero-order chi connectivity index (χ0) is 19.9. The fourth-order valence-electron chi connectivity index (χ4n) is 2.89. The van der Waals surface area contributed by atoms with E-state index in [-0.39, 0.29) is 18.4 Å². The van der Waals surface area contributed by atoms with Crippen LogP contribution < -0.4 is 5.32 Å². The molecule has 1 heterocycles. The van der Waals surface area contributed by atoms with Crippen LogP contribution in [0.1, 0.15) is 28.6 Å². The van der Waals surface area contributed by atoms with Gasteiger partial charge in [-0.2, -0.15) is 0 Å². The number of anilines is 1. The highest BCUT2D eigenvalue weighted by Crippen LogP contribution is 2.20. The van der Waals surface area contributed by atoms with Crippen molar-refractivity contribution in [1.82, 2.24) is 9.88 Å². The van der Waals surface area contributed by atoms with Gasteiger partial charge in [-0.3, -0.25) is 9.59 Å². The van der Waals surface area contributed by atoms with E-state index in [2.05, 4.69) is 10.3 Å². The van der Waals surface area contributed by atoms with E-state index in [4.69, 9.17) is 0 Å². The molecule has 0 spiro atoms. The van der Waals surface area contributed by atoms with Crippen molar-refractivity contribution in [3.63, 3.8) is 0 Å². The molecule has 2 aromatic carbocycles. The average molecular weight is 394 g/mol. The molecule has 0 aliphatic rings. The number of thiazole rings is 1. The molecule has 3 aromatic rings. The van der Waals surface area contributed by atoms with Gasteiger partial charge in [0.1, 0.15) is 6.54 Å². The molecule has 0 bridgehead atoms. The minimum Gasteiger partial charge on any atom is -0.329 e. The van der Waals surface area contributed by atoms with Crippen LogP contribution in [0.2, 0.25) is 0 Å². The summed E-state index contributed by atoms with van der Waals surface area (Å²) in [6, 6.07) is 17.5. The zero-order valence-electron chi connectivity index (χ0n) is 16.0. The van der Waals surface area contributed by atoms with Crippen LogP contribution in [-0.2, 0) is 4.79 Å². The van der Waals surface area contributed by atoms with Crippen molar-refractivity contribution in [3.8, 4) is 11.1 Å². The number of hydrogen-bond donors (Lipinski definition) is 1. The molecule has 0 saturated heterocycles. The number of nitrogens with one attached hydrogen (secondary N) is 1. The molecule has 0 saturated carbocycles. The molecule has 0 aliphatic heterocycles. The Kier molecular flexibility index (Phi) is 6.55. The summed E-state index contributed by atoms with van der Waals surface area (Å²) in [5.41, 5.74) is 2.73. The van der Waals surface area contributed by atoms with Crippen LogP contribution in [0.25, 0.3) is 11.1 Å². The molecule has 2 amide bonds. The lowest BCUT2D eigenvalue weighted by molar-refractivity contribution is -0.116. The quantitative estimate of drug-likeness (QED) is 0.638. The second kappa shape index (κ2) is 9.28. The minimum absolute atomic E-state index is 0.00569. The second-order valence-corrected chi connectivity index (χ2v) is 7.73. The summed E-state index contributed by atoms with van der Waals surface area (Å²) in [5.74, 6) is -0.385. The Morgan fingerprint density at radius 3 is 2.32 bits per heavy atom. The summed E-state index contributed by atoms with van der Waals surface area (Å²) in [4.78, 5) is 32.0. The first kappa shape index (κ1) is 19.8. The van der Waals surface area contributed by atoms with Gasteiger partial charge in [-0.1, -0.05) is 49.4 Å². The van der Waals surface area contributed by atoms with Gasteiger partial charge in [0.2, 0.25) is 5.91 Å². The molecular weight excluding hydrogens is 370 g/mol. The lowest BCUT2D eigenvalue weighted by Crippen LogP contribution is -2.38. The maximum absolute atomic E-state index is 12.9. The summed E-state index contributed by atoms with van der Waals surface area (Å²) in [5, 5.41) is 3.32. The molecular formula is C22H23N3O2S. The van der Waals surface area contributed by atoms with Crippen molar-refractivity contribution in [2.45, 2.75) is 20.3 Å². The highest BCUT2D eigenvalue weighted by Gasteiger charge is 2.19. The Labute approximate surface area is 169 Å². The summed E-state index contributed by atoms with van der Waals surface area (Å²) in [7, 11) is 0. The molecule has 0 radical (unpaired) electrons. The topological polar surface area (TPSA) is 62.3 Å². The van der Waals surface area contributed by atoms with Gasteiger partial charge in [-0.25, -0.2) is 4.98 Å². The number of amides is 2. The average Bonchev–Trinajstić information content (AvgIpc) is 3.12. The van der Waals surface area contributed by atoms with Gasteiger partial charge in [0.05, 0.1) is 0 Å². The van der Waals surface area contributed by atoms with Gasteiger partial charge < -0.3 is 10.2 Å². The maximum atomic E-state index is 12.9. The Morgan fingerprint density at radius 2 is 1.71 bits per heavy atom. The predicted molar refractivity (Wildman–Crippen MR) is 114 cm³/mol. The largest absolute Gasteiger partial charge is 0.329 e. The Hall–Kier alpha value is -2.99. The Balaban J connectivity index is 1.69. The molecule has 28 heavy (non-hydrogen) atoms. The normalized spacial score (nSPS) is 10.5. The van der Waals surface area contributed by atoms with E-state index in [0.717, 1.165) is 22.4 Å². The number of aryl methyl sites for hydroxylation is 1. The van der Waals surface area contributed by atoms with Gasteiger partial charge in [0.25, 0.3) is 5.91 Å². The van der Waals surface area contributed by atoms with Crippen molar-refractivity contribution in [1.29, 1.82) is 0 Å². The van der Waals surface area contributed by atoms with E-state index < -0.39 is 0 Å². The first-order chi connectivity index (χ1) is 13.6. The standard InChI is InChI=1S/C22H23N3O2S/c1-3-13-25(15-20(26)24-22-23-14-16(2)28-22)21(27)19-11-9-18(10-12-19)17-7-5-4-6-8-17/h4-12,14H,3,13,15H2,1-2H3,(H,23,24,26). The van der Waals surface area contributed by atoms with Crippen LogP contribution in [0.3, 0.4) is 0 Å². The lowest BCUT2D eigenvalue weighted by atomic mass is 10.0. The smallest absolute Gasteiger partial charge is 0.254 e. The van der Waals surface area contributed by atoms with E-state index in [1.165, 1.54) is 11.3 Å². The van der Waals surface area contributed by atoms with E-state index in [0.29, 0.717) is 17.2 Å². The lowest BCUT2D eigenvalue weighted by Gasteiger charge is -2.21. The number of carbonyl (C=O) groups excluding carboxylic acids is 2. The highest BCUT2D eigenvalue weighted by atomic mass is 32.1. The number of aromatic nitrogens is 1. The second-order valence-electron chi connectivity index (χ2n) is 6.49. The minimum atomic E-state index is -0.239. The third-order valence-corrected chi connectivity index (χ3v) is 5.05. The molecule has 144 valence electrons. The summed E-state index contributed by atoms with van der Waals surface area (Å²) < 4.78 is 0. The van der Waals surface area contributed by atoms with E-state index in [1.807, 2.05) is 68.4 Å². The van der Waals surface area contributed by atoms with Gasteiger partial charge in [-0.05, 0) is 36.6 Å². The first-order valence-corrected chi connectivity index (χ1v) is 10.1. The van der Waals surface area contributed by atoms with Crippen LogP contribution in [0.4, 0.5) is 5.13 Å². The molecule has 6 heteroatoms. The zero-order valence-corrected chi connectivity index (χ0v) is 16.8. The molecule has 3 rings (SSSR count). The highest BCUT2D eigenvalue weighted by molar-refractivity contribution is 7.15. The number of carbonyl (C=O) groups is 2. The molecule has 0 aliphatic carbocycles. The third kappa shape index (κ3) is 5.04. The van der Waals surface area contributed by atoms with Crippen molar-refractivity contribution in [3.05, 3.63) is 71.2 Å². The maximum Gasteiger partial charge on any atom is 0.254 e. The van der Waals surface area contributed by atoms with Crippen molar-refractivity contribution in [2.24, 2.45) is 0 Å². The van der Waals surface area contributed by atoms with Gasteiger partial charge in [0.15, 0.2) is 5.13 Å². The number of nitrogens with zero attached hydrogens (tertiary/aromatic N) is 2. The van der Waals surface area contributed by atoms with Crippen LogP contribution >= 0.6 is 11.3 Å². The summed E-state index contributed by atoms with van der Waals surface area (Å²) in [6.07, 6.45) is 2.49. The number of benzene rings is 2. The van der Waals surface area contributed by atoms with Crippen molar-refractivity contribution < 1.29 is 9.59 Å². The van der Waals surface area contributed by atoms with Gasteiger partial charge in [0, 0.05) is 23.2 Å². The van der Waals surface area contributed by atoms with Crippen molar-refractivity contribution in [2.75, 3.05) is 18.4 Å². The van der Waals surface area contributed by atoms with Crippen LogP contribution in [0, 0.1) is 6.92 Å². The Bertz CT molecular complexity index is 936. The monoisotopic (exact) mass is 393 g/mol. The molecule has 0 atom stereocenters. The molecule has 0 fully saturated rings. The third-order valence-electron chi connectivity index (χ3n) is 4.22. The summed E-state index contributed by atoms with van der Waals surface area (Å²) in [6.45, 7) is 4.44. The van der Waals surface area contributed by atoms with Gasteiger partial charge >= 0.3 is 0 Å². The molecule has 5 nitrogen and oxygen atoms in total. The fourth-order valence-corrected chi connectivity index (χ4v) is 3.57. The van der Waals surface area contributed by atoms with E-state index >= 15 is 0 Å². The van der Waals surface area contributed by atoms with E-state index in [1.54, 1.807) is 11.1 Å². The summed E-state index contributed by atoms with van der Waals surface area (Å²) >= 11 is 1.41. The van der Waals surface area contributed by atoms with Crippen LogP contribution in [0.5, 0.6) is 0 Å². The van der Waals surface area contributed by atoms with Crippen molar-refractivity contribution >= 4 is 28.3 Å². The molecule has 1 N–H and O–H groups in total. The fraction of sp³-hybridized carbons (Fsp3) is 0.227. The number of hydrogen-bond acceptors (Lipinski definition) is 4. The Morgan fingerprint density at radius 1 is 1.04 bits per heavy atom. The molecule has 0 unspecified atom stereocenters. The first-order valence-electron chi connectivity index (χ1n) is 9.24. The molecule has 1 aromatic heterocycles.